The van der Waals surface area contributed by atoms with Gasteiger partial charge >= 0.3 is 0 Å². The van der Waals surface area contributed by atoms with Crippen LogP contribution >= 0.6 is 28.1 Å². The van der Waals surface area contributed by atoms with Gasteiger partial charge < -0.3 is 11.1 Å². The number of benzene rings is 2. The molecule has 0 fully saturated rings. The van der Waals surface area contributed by atoms with Crippen molar-refractivity contribution in [2.75, 3.05) is 0 Å². The summed E-state index contributed by atoms with van der Waals surface area (Å²) in [4.78, 5) is 12.3. The van der Waals surface area contributed by atoms with Gasteiger partial charge in [0.15, 0.2) is 0 Å². The van der Waals surface area contributed by atoms with Crippen LogP contribution in [0.4, 0.5) is 4.39 Å². The van der Waals surface area contributed by atoms with E-state index in [0.29, 0.717) is 4.47 Å². The Balaban J connectivity index is 2.27. The number of nitrogens with two attached hydrogens (primary N) is 1. The second-order valence-corrected chi connectivity index (χ2v) is 5.73. The Morgan fingerprint density at radius 2 is 1.90 bits per heavy atom. The van der Waals surface area contributed by atoms with Crippen LogP contribution in [-0.4, -0.2) is 10.9 Å². The molecule has 2 aromatic rings. The lowest BCUT2D eigenvalue weighted by molar-refractivity contribution is 0.0942. The molecule has 108 valence electrons. The minimum atomic E-state index is -0.646. The molecular formula is C15H12BrFN2OS. The third kappa shape index (κ3) is 3.86. The quantitative estimate of drug-likeness (QED) is 0.815. The molecule has 0 aliphatic heterocycles. The van der Waals surface area contributed by atoms with Gasteiger partial charge in [-0.3, -0.25) is 4.79 Å². The van der Waals surface area contributed by atoms with E-state index in [-0.39, 0.29) is 10.6 Å². The average Bonchev–Trinajstić information content (AvgIpc) is 2.47. The Bertz CT molecular complexity index is 679. The van der Waals surface area contributed by atoms with Crippen LogP contribution < -0.4 is 11.1 Å². The van der Waals surface area contributed by atoms with Crippen LogP contribution in [-0.2, 0) is 0 Å². The molecule has 0 aromatic heterocycles. The zero-order valence-electron chi connectivity index (χ0n) is 10.8. The molecule has 1 atom stereocenters. The van der Waals surface area contributed by atoms with Crippen LogP contribution in [0.2, 0.25) is 0 Å². The summed E-state index contributed by atoms with van der Waals surface area (Å²) in [5.74, 6) is -1.18. The van der Waals surface area contributed by atoms with Crippen LogP contribution in [0, 0.1) is 5.82 Å². The van der Waals surface area contributed by atoms with E-state index in [9.17, 15) is 9.18 Å². The van der Waals surface area contributed by atoms with Crippen molar-refractivity contribution in [2.24, 2.45) is 5.73 Å². The summed E-state index contributed by atoms with van der Waals surface area (Å²) >= 11 is 8.19. The summed E-state index contributed by atoms with van der Waals surface area (Å²) in [6.45, 7) is 0. The fourth-order valence-electron chi connectivity index (χ4n) is 1.84. The molecule has 0 spiro atoms. The molecular weight excluding hydrogens is 355 g/mol. The van der Waals surface area contributed by atoms with Crippen molar-refractivity contribution < 1.29 is 9.18 Å². The Hall–Kier alpha value is -1.79. The van der Waals surface area contributed by atoms with E-state index in [2.05, 4.69) is 21.2 Å². The van der Waals surface area contributed by atoms with Crippen LogP contribution in [0.5, 0.6) is 0 Å². The number of hydrogen-bond acceptors (Lipinski definition) is 2. The van der Waals surface area contributed by atoms with Crippen molar-refractivity contribution in [3.63, 3.8) is 0 Å². The zero-order chi connectivity index (χ0) is 15.4. The molecule has 0 heterocycles. The molecule has 21 heavy (non-hydrogen) atoms. The fourth-order valence-corrected chi connectivity index (χ4v) is 2.40. The van der Waals surface area contributed by atoms with E-state index < -0.39 is 17.8 Å². The van der Waals surface area contributed by atoms with Crippen LogP contribution in [0.1, 0.15) is 22.0 Å². The molecule has 0 saturated carbocycles. The van der Waals surface area contributed by atoms with Gasteiger partial charge in [-0.05, 0) is 23.8 Å². The lowest BCUT2D eigenvalue weighted by Gasteiger charge is -2.18. The molecule has 2 rings (SSSR count). The smallest absolute Gasteiger partial charge is 0.255 e. The van der Waals surface area contributed by atoms with Crippen molar-refractivity contribution in [1.29, 1.82) is 0 Å². The fraction of sp³-hybridized carbons (Fsp3) is 0.0667. The monoisotopic (exact) mass is 366 g/mol. The summed E-state index contributed by atoms with van der Waals surface area (Å²) in [6, 6.07) is 12.6. The predicted molar refractivity (Wildman–Crippen MR) is 87.5 cm³/mol. The van der Waals surface area contributed by atoms with Crippen molar-refractivity contribution in [3.05, 3.63) is 69.9 Å². The van der Waals surface area contributed by atoms with Crippen LogP contribution in [0.25, 0.3) is 0 Å². The molecule has 2 aromatic carbocycles. The Labute approximate surface area is 135 Å². The topological polar surface area (TPSA) is 55.1 Å². The first-order valence-corrected chi connectivity index (χ1v) is 7.29. The van der Waals surface area contributed by atoms with Gasteiger partial charge in [-0.2, -0.15) is 0 Å². The number of hydrogen-bond donors (Lipinski definition) is 2. The zero-order valence-corrected chi connectivity index (χ0v) is 13.2. The van der Waals surface area contributed by atoms with E-state index >= 15 is 0 Å². The first kappa shape index (κ1) is 15.6. The number of nitrogens with one attached hydrogen (secondary N) is 1. The van der Waals surface area contributed by atoms with E-state index in [1.165, 1.54) is 18.2 Å². The predicted octanol–water partition coefficient (Wildman–Crippen LogP) is 3.35. The molecule has 0 saturated heterocycles. The summed E-state index contributed by atoms with van der Waals surface area (Å²) in [7, 11) is 0. The third-order valence-corrected chi connectivity index (χ3v) is 3.59. The van der Waals surface area contributed by atoms with Crippen LogP contribution in [0.15, 0.2) is 53.0 Å². The highest BCUT2D eigenvalue weighted by molar-refractivity contribution is 9.10. The van der Waals surface area contributed by atoms with E-state index in [0.717, 1.165) is 5.56 Å². The molecule has 3 nitrogen and oxygen atoms in total. The van der Waals surface area contributed by atoms with Gasteiger partial charge in [-0.15, -0.1) is 0 Å². The van der Waals surface area contributed by atoms with Gasteiger partial charge in [0.2, 0.25) is 0 Å². The highest BCUT2D eigenvalue weighted by Gasteiger charge is 2.20. The molecule has 1 unspecified atom stereocenters. The van der Waals surface area contributed by atoms with Gasteiger partial charge in [0, 0.05) is 4.47 Å². The number of amides is 1. The normalized spacial score (nSPS) is 11.7. The van der Waals surface area contributed by atoms with E-state index in [1.807, 2.05) is 18.2 Å². The van der Waals surface area contributed by atoms with Gasteiger partial charge in [0.25, 0.3) is 5.91 Å². The standard InChI is InChI=1S/C15H12BrFN2OS/c16-10-6-7-12(17)11(8-10)15(20)19-13(14(18)21)9-4-2-1-3-5-9/h1-8,13H,(H2,18,21)(H,19,20). The summed E-state index contributed by atoms with van der Waals surface area (Å²) in [5, 5.41) is 2.65. The highest BCUT2D eigenvalue weighted by Crippen LogP contribution is 2.18. The van der Waals surface area contributed by atoms with Crippen molar-refractivity contribution in [1.82, 2.24) is 5.32 Å². The maximum atomic E-state index is 13.7. The van der Waals surface area contributed by atoms with Crippen molar-refractivity contribution in [2.45, 2.75) is 6.04 Å². The minimum absolute atomic E-state index is 0.0680. The number of carbonyl (C=O) groups is 1. The largest absolute Gasteiger partial charge is 0.391 e. The molecule has 3 N–H and O–H groups in total. The number of thiocarbonyl (C=S) groups is 1. The number of carbonyl (C=O) groups excluding carboxylic acids is 1. The average molecular weight is 367 g/mol. The molecule has 0 aliphatic rings. The molecule has 0 aliphatic carbocycles. The SMILES string of the molecule is NC(=S)C(NC(=O)c1cc(Br)ccc1F)c1ccccc1. The molecule has 0 radical (unpaired) electrons. The Kier molecular flexibility index (Phi) is 5.03. The van der Waals surface area contributed by atoms with Gasteiger partial charge in [-0.25, -0.2) is 4.39 Å². The summed E-state index contributed by atoms with van der Waals surface area (Å²) in [5.41, 5.74) is 6.35. The molecule has 1 amide bonds. The second kappa shape index (κ2) is 6.78. The maximum Gasteiger partial charge on any atom is 0.255 e. The highest BCUT2D eigenvalue weighted by atomic mass is 79.9. The van der Waals surface area contributed by atoms with Gasteiger partial charge in [0.05, 0.1) is 5.56 Å². The first-order chi connectivity index (χ1) is 9.99. The van der Waals surface area contributed by atoms with Crippen LogP contribution in [0.3, 0.4) is 0 Å². The Morgan fingerprint density at radius 1 is 1.24 bits per heavy atom. The molecule has 0 bridgehead atoms. The minimum Gasteiger partial charge on any atom is -0.391 e. The summed E-state index contributed by atoms with van der Waals surface area (Å²) < 4.78 is 14.3. The summed E-state index contributed by atoms with van der Waals surface area (Å²) in [6.07, 6.45) is 0. The molecule has 6 heteroatoms. The maximum absolute atomic E-state index is 13.7. The van der Waals surface area contributed by atoms with E-state index in [4.69, 9.17) is 18.0 Å². The van der Waals surface area contributed by atoms with Crippen molar-refractivity contribution >= 4 is 39.0 Å². The second-order valence-electron chi connectivity index (χ2n) is 4.34. The number of rotatable bonds is 4. The van der Waals surface area contributed by atoms with Crippen molar-refractivity contribution in [3.8, 4) is 0 Å². The van der Waals surface area contributed by atoms with Gasteiger partial charge in [0.1, 0.15) is 16.8 Å². The lowest BCUT2D eigenvalue weighted by Crippen LogP contribution is -2.36. The first-order valence-electron chi connectivity index (χ1n) is 6.09. The van der Waals surface area contributed by atoms with Gasteiger partial charge in [-0.1, -0.05) is 58.5 Å². The number of halogens is 2. The third-order valence-electron chi connectivity index (χ3n) is 2.87. The lowest BCUT2D eigenvalue weighted by atomic mass is 10.1. The Morgan fingerprint density at radius 3 is 2.52 bits per heavy atom. The van der Waals surface area contributed by atoms with E-state index in [1.54, 1.807) is 12.1 Å².